The Labute approximate surface area is 107 Å². The van der Waals surface area contributed by atoms with Gasteiger partial charge in [-0.3, -0.25) is 0 Å². The van der Waals surface area contributed by atoms with E-state index in [1.54, 1.807) is 0 Å². The van der Waals surface area contributed by atoms with Crippen LogP contribution in [0.1, 0.15) is 64.7 Å². The van der Waals surface area contributed by atoms with Gasteiger partial charge >= 0.3 is 0 Å². The van der Waals surface area contributed by atoms with Gasteiger partial charge in [0.05, 0.1) is 0 Å². The van der Waals surface area contributed by atoms with Crippen molar-refractivity contribution in [1.82, 2.24) is 10.6 Å². The SMILES string of the molecule is CC(CC1CCCCN1)NCC1CCCCC1. The fourth-order valence-corrected chi connectivity index (χ4v) is 3.39. The van der Waals surface area contributed by atoms with Gasteiger partial charge in [0.15, 0.2) is 0 Å². The molecular formula is C15H30N2. The van der Waals surface area contributed by atoms with Gasteiger partial charge in [0.1, 0.15) is 0 Å². The molecule has 2 heteroatoms. The molecule has 2 atom stereocenters. The average molecular weight is 238 g/mol. The largest absolute Gasteiger partial charge is 0.314 e. The molecule has 2 rings (SSSR count). The second-order valence-electron chi connectivity index (χ2n) is 6.20. The van der Waals surface area contributed by atoms with Crippen LogP contribution in [0.25, 0.3) is 0 Å². The van der Waals surface area contributed by atoms with Crippen LogP contribution in [0, 0.1) is 5.92 Å². The Morgan fingerprint density at radius 1 is 1.06 bits per heavy atom. The minimum absolute atomic E-state index is 0.688. The standard InChI is InChI=1S/C15H30N2/c1-13(11-15-9-5-6-10-16-15)17-12-14-7-3-2-4-8-14/h13-17H,2-12H2,1H3. The quantitative estimate of drug-likeness (QED) is 0.769. The van der Waals surface area contributed by atoms with Crippen LogP contribution in [-0.4, -0.2) is 25.2 Å². The molecule has 0 aromatic heterocycles. The summed E-state index contributed by atoms with van der Waals surface area (Å²) in [6, 6.07) is 1.46. The lowest BCUT2D eigenvalue weighted by Gasteiger charge is -2.28. The van der Waals surface area contributed by atoms with Gasteiger partial charge in [-0.2, -0.15) is 0 Å². The van der Waals surface area contributed by atoms with E-state index in [-0.39, 0.29) is 0 Å². The van der Waals surface area contributed by atoms with Crippen molar-refractivity contribution in [2.45, 2.75) is 76.8 Å². The van der Waals surface area contributed by atoms with E-state index in [1.165, 1.54) is 70.9 Å². The predicted octanol–water partition coefficient (Wildman–Crippen LogP) is 3.08. The highest BCUT2D eigenvalue weighted by molar-refractivity contribution is 4.78. The van der Waals surface area contributed by atoms with Gasteiger partial charge in [-0.05, 0) is 58.0 Å². The van der Waals surface area contributed by atoms with E-state index >= 15 is 0 Å². The number of nitrogens with one attached hydrogen (secondary N) is 2. The topological polar surface area (TPSA) is 24.1 Å². The maximum absolute atomic E-state index is 3.76. The van der Waals surface area contributed by atoms with Gasteiger partial charge in [-0.1, -0.05) is 25.7 Å². The first-order valence-electron chi connectivity index (χ1n) is 7.81. The fourth-order valence-electron chi connectivity index (χ4n) is 3.39. The zero-order chi connectivity index (χ0) is 11.9. The molecule has 1 heterocycles. The Morgan fingerprint density at radius 3 is 2.53 bits per heavy atom. The zero-order valence-electron chi connectivity index (χ0n) is 11.5. The molecule has 1 aliphatic heterocycles. The van der Waals surface area contributed by atoms with Crippen LogP contribution in [0.15, 0.2) is 0 Å². The summed E-state index contributed by atoms with van der Waals surface area (Å²) in [6.07, 6.45) is 12.8. The summed E-state index contributed by atoms with van der Waals surface area (Å²) in [5, 5.41) is 7.41. The van der Waals surface area contributed by atoms with Gasteiger partial charge in [0, 0.05) is 12.1 Å². The third-order valence-corrected chi connectivity index (χ3v) is 4.53. The van der Waals surface area contributed by atoms with E-state index in [0.29, 0.717) is 6.04 Å². The second-order valence-corrected chi connectivity index (χ2v) is 6.20. The van der Waals surface area contributed by atoms with E-state index < -0.39 is 0 Å². The smallest absolute Gasteiger partial charge is 0.00817 e. The summed E-state index contributed by atoms with van der Waals surface area (Å²) in [6.45, 7) is 4.85. The Hall–Kier alpha value is -0.0800. The Balaban J connectivity index is 1.57. The molecule has 1 saturated heterocycles. The van der Waals surface area contributed by atoms with Crippen molar-refractivity contribution in [3.8, 4) is 0 Å². The lowest BCUT2D eigenvalue weighted by atomic mass is 9.89. The van der Waals surface area contributed by atoms with Crippen molar-refractivity contribution in [2.75, 3.05) is 13.1 Å². The summed E-state index contributed by atoms with van der Waals surface area (Å²) in [4.78, 5) is 0. The molecule has 0 aromatic rings. The summed E-state index contributed by atoms with van der Waals surface area (Å²) < 4.78 is 0. The highest BCUT2D eigenvalue weighted by Gasteiger charge is 2.17. The molecule has 2 aliphatic rings. The summed E-state index contributed by atoms with van der Waals surface area (Å²) in [5.74, 6) is 0.963. The van der Waals surface area contributed by atoms with Crippen molar-refractivity contribution in [3.05, 3.63) is 0 Å². The van der Waals surface area contributed by atoms with Crippen molar-refractivity contribution < 1.29 is 0 Å². The van der Waals surface area contributed by atoms with E-state index in [9.17, 15) is 0 Å². The van der Waals surface area contributed by atoms with Crippen LogP contribution >= 0.6 is 0 Å². The Kier molecular flexibility index (Phi) is 5.79. The highest BCUT2D eigenvalue weighted by atomic mass is 15.0. The van der Waals surface area contributed by atoms with Gasteiger partial charge < -0.3 is 10.6 Å². The third-order valence-electron chi connectivity index (χ3n) is 4.53. The van der Waals surface area contributed by atoms with Gasteiger partial charge in [0.25, 0.3) is 0 Å². The van der Waals surface area contributed by atoms with Crippen molar-refractivity contribution >= 4 is 0 Å². The third kappa shape index (κ3) is 4.97. The molecule has 0 spiro atoms. The number of hydrogen-bond donors (Lipinski definition) is 2. The molecule has 2 nitrogen and oxygen atoms in total. The van der Waals surface area contributed by atoms with Crippen LogP contribution in [0.4, 0.5) is 0 Å². The molecule has 2 unspecified atom stereocenters. The molecule has 2 fully saturated rings. The Morgan fingerprint density at radius 2 is 1.82 bits per heavy atom. The zero-order valence-corrected chi connectivity index (χ0v) is 11.5. The average Bonchev–Trinajstić information content (AvgIpc) is 2.39. The molecule has 1 aliphatic carbocycles. The van der Waals surface area contributed by atoms with E-state index in [0.717, 1.165) is 12.0 Å². The molecule has 0 radical (unpaired) electrons. The lowest BCUT2D eigenvalue weighted by Crippen LogP contribution is -2.41. The molecule has 17 heavy (non-hydrogen) atoms. The molecule has 0 amide bonds. The van der Waals surface area contributed by atoms with E-state index in [4.69, 9.17) is 0 Å². The summed E-state index contributed by atoms with van der Waals surface area (Å²) in [7, 11) is 0. The maximum atomic E-state index is 3.76. The first-order chi connectivity index (χ1) is 8.34. The van der Waals surface area contributed by atoms with Gasteiger partial charge in [0.2, 0.25) is 0 Å². The summed E-state index contributed by atoms with van der Waals surface area (Å²) in [5.41, 5.74) is 0. The van der Waals surface area contributed by atoms with Gasteiger partial charge in [-0.15, -0.1) is 0 Å². The van der Waals surface area contributed by atoms with Crippen LogP contribution in [-0.2, 0) is 0 Å². The second kappa shape index (κ2) is 7.38. The fraction of sp³-hybridized carbons (Fsp3) is 1.00. The summed E-state index contributed by atoms with van der Waals surface area (Å²) >= 11 is 0. The molecule has 1 saturated carbocycles. The van der Waals surface area contributed by atoms with Crippen LogP contribution in [0.2, 0.25) is 0 Å². The molecule has 0 aromatic carbocycles. The minimum Gasteiger partial charge on any atom is -0.314 e. The molecule has 0 bridgehead atoms. The van der Waals surface area contributed by atoms with Crippen molar-refractivity contribution in [1.29, 1.82) is 0 Å². The van der Waals surface area contributed by atoms with Crippen molar-refractivity contribution in [2.24, 2.45) is 5.92 Å². The van der Waals surface area contributed by atoms with Gasteiger partial charge in [-0.25, -0.2) is 0 Å². The van der Waals surface area contributed by atoms with Crippen LogP contribution < -0.4 is 10.6 Å². The number of hydrogen-bond acceptors (Lipinski definition) is 2. The predicted molar refractivity (Wildman–Crippen MR) is 74.3 cm³/mol. The van der Waals surface area contributed by atoms with E-state index in [2.05, 4.69) is 17.6 Å². The monoisotopic (exact) mass is 238 g/mol. The normalized spacial score (nSPS) is 29.1. The minimum atomic E-state index is 0.688. The Bertz CT molecular complexity index is 193. The molecule has 100 valence electrons. The highest BCUT2D eigenvalue weighted by Crippen LogP contribution is 2.23. The first kappa shape index (κ1) is 13.4. The van der Waals surface area contributed by atoms with Crippen LogP contribution in [0.5, 0.6) is 0 Å². The van der Waals surface area contributed by atoms with Crippen molar-refractivity contribution in [3.63, 3.8) is 0 Å². The van der Waals surface area contributed by atoms with Crippen LogP contribution in [0.3, 0.4) is 0 Å². The molecular weight excluding hydrogens is 208 g/mol. The molecule has 2 N–H and O–H groups in total. The number of piperidine rings is 1. The number of rotatable bonds is 5. The first-order valence-corrected chi connectivity index (χ1v) is 7.81. The van der Waals surface area contributed by atoms with E-state index in [1.807, 2.05) is 0 Å². The maximum Gasteiger partial charge on any atom is 0.00817 e. The lowest BCUT2D eigenvalue weighted by molar-refractivity contribution is 0.304.